The maximum atomic E-state index is 12.7. The van der Waals surface area contributed by atoms with Crippen molar-refractivity contribution in [2.75, 3.05) is 31.1 Å². The second-order valence-electron chi connectivity index (χ2n) is 6.14. The number of pyridine rings is 1. The topological polar surface area (TPSA) is 65.1 Å². The molecule has 0 saturated carbocycles. The van der Waals surface area contributed by atoms with Gasteiger partial charge in [-0.3, -0.25) is 9.89 Å². The summed E-state index contributed by atoms with van der Waals surface area (Å²) in [5.41, 5.74) is 2.09. The van der Waals surface area contributed by atoms with E-state index in [2.05, 4.69) is 20.1 Å². The summed E-state index contributed by atoms with van der Waals surface area (Å²) in [6.45, 7) is 2.83. The Morgan fingerprint density at radius 1 is 1.04 bits per heavy atom. The van der Waals surface area contributed by atoms with Crippen LogP contribution in [0.25, 0.3) is 11.3 Å². The van der Waals surface area contributed by atoms with Crippen molar-refractivity contribution >= 4 is 23.3 Å². The molecule has 0 aliphatic carbocycles. The third kappa shape index (κ3) is 3.41. The molecule has 4 rings (SSSR count). The number of hydrogen-bond donors (Lipinski definition) is 1. The standard InChI is InChI=1S/C19H18ClN5O/c20-15-5-3-4-14(12-15)16-13-17(23-22-16)19(26)25-10-8-24(9-11-25)18-6-1-2-7-21-18/h1-7,12-13H,8-11H2,(H,22,23). The molecule has 3 aromatic rings. The normalized spacial score (nSPS) is 14.5. The first kappa shape index (κ1) is 16.6. The maximum Gasteiger partial charge on any atom is 0.272 e. The summed E-state index contributed by atoms with van der Waals surface area (Å²) in [7, 11) is 0. The molecule has 1 aliphatic rings. The fourth-order valence-corrected chi connectivity index (χ4v) is 3.27. The van der Waals surface area contributed by atoms with Crippen molar-refractivity contribution in [2.24, 2.45) is 0 Å². The molecule has 26 heavy (non-hydrogen) atoms. The van der Waals surface area contributed by atoms with E-state index in [4.69, 9.17) is 11.6 Å². The Hall–Kier alpha value is -2.86. The summed E-state index contributed by atoms with van der Waals surface area (Å²) in [4.78, 5) is 21.1. The van der Waals surface area contributed by atoms with Crippen molar-refractivity contribution in [1.29, 1.82) is 0 Å². The van der Waals surface area contributed by atoms with Crippen molar-refractivity contribution in [3.63, 3.8) is 0 Å². The second kappa shape index (κ2) is 7.17. The van der Waals surface area contributed by atoms with Gasteiger partial charge in [0.05, 0.1) is 5.69 Å². The highest BCUT2D eigenvalue weighted by Gasteiger charge is 2.24. The molecule has 0 bridgehead atoms. The summed E-state index contributed by atoms with van der Waals surface area (Å²) >= 11 is 6.03. The van der Waals surface area contributed by atoms with E-state index in [0.29, 0.717) is 29.5 Å². The van der Waals surface area contributed by atoms with Gasteiger partial charge in [0, 0.05) is 43.0 Å². The average molecular weight is 368 g/mol. The van der Waals surface area contributed by atoms with E-state index >= 15 is 0 Å². The van der Waals surface area contributed by atoms with Crippen molar-refractivity contribution < 1.29 is 4.79 Å². The summed E-state index contributed by atoms with van der Waals surface area (Å²) in [6, 6.07) is 15.1. The van der Waals surface area contributed by atoms with E-state index in [9.17, 15) is 4.79 Å². The minimum absolute atomic E-state index is 0.0357. The predicted octanol–water partition coefficient (Wildman–Crippen LogP) is 3.09. The highest BCUT2D eigenvalue weighted by Crippen LogP contribution is 2.22. The Morgan fingerprint density at radius 2 is 1.88 bits per heavy atom. The van der Waals surface area contributed by atoms with Crippen molar-refractivity contribution in [2.45, 2.75) is 0 Å². The summed E-state index contributed by atoms with van der Waals surface area (Å²) < 4.78 is 0. The molecule has 2 aromatic heterocycles. The van der Waals surface area contributed by atoms with Crippen LogP contribution >= 0.6 is 11.6 Å². The van der Waals surface area contributed by atoms with E-state index in [-0.39, 0.29) is 5.91 Å². The van der Waals surface area contributed by atoms with Crippen LogP contribution in [0.3, 0.4) is 0 Å². The Balaban J connectivity index is 1.43. The molecule has 0 spiro atoms. The highest BCUT2D eigenvalue weighted by molar-refractivity contribution is 6.30. The van der Waals surface area contributed by atoms with Crippen LogP contribution in [0.2, 0.25) is 5.02 Å². The summed E-state index contributed by atoms with van der Waals surface area (Å²) in [5.74, 6) is 0.913. The Bertz CT molecular complexity index is 903. The van der Waals surface area contributed by atoms with Gasteiger partial charge in [-0.15, -0.1) is 0 Å². The smallest absolute Gasteiger partial charge is 0.272 e. The number of nitrogens with zero attached hydrogens (tertiary/aromatic N) is 4. The number of anilines is 1. The van der Waals surface area contributed by atoms with Crippen LogP contribution < -0.4 is 4.90 Å². The van der Waals surface area contributed by atoms with Crippen molar-refractivity contribution in [3.05, 3.63) is 65.4 Å². The molecular formula is C19H18ClN5O. The van der Waals surface area contributed by atoms with E-state index in [1.54, 1.807) is 12.3 Å². The lowest BCUT2D eigenvalue weighted by atomic mass is 10.1. The van der Waals surface area contributed by atoms with Gasteiger partial charge in [-0.2, -0.15) is 5.10 Å². The number of aromatic amines is 1. The molecule has 7 heteroatoms. The Labute approximate surface area is 156 Å². The Kier molecular flexibility index (Phi) is 4.58. The van der Waals surface area contributed by atoms with Gasteiger partial charge in [0.25, 0.3) is 5.91 Å². The largest absolute Gasteiger partial charge is 0.353 e. The van der Waals surface area contributed by atoms with Crippen LogP contribution in [0.1, 0.15) is 10.5 Å². The van der Waals surface area contributed by atoms with Crippen molar-refractivity contribution in [1.82, 2.24) is 20.1 Å². The number of piperazine rings is 1. The quantitative estimate of drug-likeness (QED) is 0.772. The van der Waals surface area contributed by atoms with Crippen LogP contribution in [0, 0.1) is 0 Å². The molecule has 6 nitrogen and oxygen atoms in total. The maximum absolute atomic E-state index is 12.7. The fraction of sp³-hybridized carbons (Fsp3) is 0.211. The molecule has 1 fully saturated rings. The van der Waals surface area contributed by atoms with Gasteiger partial charge < -0.3 is 9.80 Å². The predicted molar refractivity (Wildman–Crippen MR) is 101 cm³/mol. The number of rotatable bonds is 3. The first-order valence-corrected chi connectivity index (χ1v) is 8.85. The van der Waals surface area contributed by atoms with Gasteiger partial charge in [0.15, 0.2) is 0 Å². The molecule has 1 saturated heterocycles. The SMILES string of the molecule is O=C(c1cc(-c2cccc(Cl)c2)n[nH]1)N1CCN(c2ccccn2)CC1. The number of aromatic nitrogens is 3. The molecule has 132 valence electrons. The number of amides is 1. The van der Waals surface area contributed by atoms with E-state index in [1.165, 1.54) is 0 Å². The average Bonchev–Trinajstić information content (AvgIpc) is 3.18. The molecular weight excluding hydrogens is 350 g/mol. The minimum atomic E-state index is -0.0357. The van der Waals surface area contributed by atoms with Crippen LogP contribution in [-0.2, 0) is 0 Å². The molecule has 1 aromatic carbocycles. The van der Waals surface area contributed by atoms with Crippen LogP contribution in [0.5, 0.6) is 0 Å². The zero-order valence-electron chi connectivity index (χ0n) is 14.1. The number of carbonyl (C=O) groups is 1. The lowest BCUT2D eigenvalue weighted by Crippen LogP contribution is -2.49. The third-order valence-corrected chi connectivity index (χ3v) is 4.70. The molecule has 1 N–H and O–H groups in total. The number of halogens is 1. The molecule has 0 radical (unpaired) electrons. The summed E-state index contributed by atoms with van der Waals surface area (Å²) in [6.07, 6.45) is 1.79. The lowest BCUT2D eigenvalue weighted by molar-refractivity contribution is 0.0740. The van der Waals surface area contributed by atoms with Gasteiger partial charge in [0.1, 0.15) is 11.5 Å². The first-order valence-electron chi connectivity index (χ1n) is 8.47. The summed E-state index contributed by atoms with van der Waals surface area (Å²) in [5, 5.41) is 7.75. The van der Waals surface area contributed by atoms with Gasteiger partial charge in [-0.05, 0) is 30.3 Å². The van der Waals surface area contributed by atoms with Gasteiger partial charge >= 0.3 is 0 Å². The fourth-order valence-electron chi connectivity index (χ4n) is 3.08. The lowest BCUT2D eigenvalue weighted by Gasteiger charge is -2.35. The third-order valence-electron chi connectivity index (χ3n) is 4.47. The molecule has 0 unspecified atom stereocenters. The molecule has 0 atom stereocenters. The Morgan fingerprint density at radius 3 is 2.62 bits per heavy atom. The van der Waals surface area contributed by atoms with Crippen LogP contribution in [0.15, 0.2) is 54.7 Å². The van der Waals surface area contributed by atoms with Crippen molar-refractivity contribution in [3.8, 4) is 11.3 Å². The number of hydrogen-bond acceptors (Lipinski definition) is 4. The van der Waals surface area contributed by atoms with Gasteiger partial charge in [0.2, 0.25) is 0 Å². The van der Waals surface area contributed by atoms with E-state index < -0.39 is 0 Å². The molecule has 1 amide bonds. The number of nitrogens with one attached hydrogen (secondary N) is 1. The van der Waals surface area contributed by atoms with Crippen LogP contribution in [-0.4, -0.2) is 52.2 Å². The zero-order valence-corrected chi connectivity index (χ0v) is 14.9. The second-order valence-corrected chi connectivity index (χ2v) is 6.58. The van der Waals surface area contributed by atoms with Crippen LogP contribution in [0.4, 0.5) is 5.82 Å². The molecule has 1 aliphatic heterocycles. The minimum Gasteiger partial charge on any atom is -0.353 e. The van der Waals surface area contributed by atoms with Gasteiger partial charge in [-0.1, -0.05) is 29.8 Å². The number of H-pyrrole nitrogens is 1. The van der Waals surface area contributed by atoms with E-state index in [1.807, 2.05) is 47.4 Å². The van der Waals surface area contributed by atoms with E-state index in [0.717, 1.165) is 24.5 Å². The number of carbonyl (C=O) groups excluding carboxylic acids is 1. The zero-order chi connectivity index (χ0) is 17.9. The van der Waals surface area contributed by atoms with Gasteiger partial charge in [-0.25, -0.2) is 4.98 Å². The highest BCUT2D eigenvalue weighted by atomic mass is 35.5. The monoisotopic (exact) mass is 367 g/mol. The number of benzene rings is 1. The first-order chi connectivity index (χ1) is 12.7. The molecule has 3 heterocycles.